The van der Waals surface area contributed by atoms with Crippen LogP contribution < -0.4 is 10.6 Å². The molecule has 0 spiro atoms. The van der Waals surface area contributed by atoms with Gasteiger partial charge in [0.2, 0.25) is 0 Å². The summed E-state index contributed by atoms with van der Waals surface area (Å²) in [5.41, 5.74) is 4.82. The smallest absolute Gasteiger partial charge is 0.407 e. The maximum absolute atomic E-state index is 12.3. The Morgan fingerprint density at radius 2 is 1.70 bits per heavy atom. The summed E-state index contributed by atoms with van der Waals surface area (Å²) in [6.45, 7) is 1.53. The minimum Gasteiger partial charge on any atom is -0.481 e. The third kappa shape index (κ3) is 4.72. The Bertz CT molecular complexity index is 1140. The van der Waals surface area contributed by atoms with E-state index in [1.165, 1.54) is 6.92 Å². The number of aromatic nitrogens is 1. The summed E-state index contributed by atoms with van der Waals surface area (Å²) in [6, 6.07) is 16.1. The molecule has 0 aliphatic heterocycles. The molecule has 1 unspecified atom stereocenters. The van der Waals surface area contributed by atoms with E-state index >= 15 is 0 Å². The summed E-state index contributed by atoms with van der Waals surface area (Å²) in [4.78, 5) is 35.5. The average Bonchev–Trinajstić information content (AvgIpc) is 3.42. The van der Waals surface area contributed by atoms with Crippen LogP contribution in [0.4, 0.5) is 4.79 Å². The topological polar surface area (TPSA) is 131 Å². The molecule has 2 amide bonds. The van der Waals surface area contributed by atoms with E-state index in [9.17, 15) is 14.4 Å². The van der Waals surface area contributed by atoms with Crippen LogP contribution in [0.15, 0.2) is 59.3 Å². The fourth-order valence-corrected chi connectivity index (χ4v) is 3.81. The van der Waals surface area contributed by atoms with Crippen LogP contribution in [0.5, 0.6) is 0 Å². The molecular formula is C24H23N3O6. The van der Waals surface area contributed by atoms with Crippen molar-refractivity contribution in [3.63, 3.8) is 0 Å². The average molecular weight is 449 g/mol. The van der Waals surface area contributed by atoms with Crippen molar-refractivity contribution in [2.75, 3.05) is 13.2 Å². The highest BCUT2D eigenvalue weighted by Crippen LogP contribution is 2.44. The van der Waals surface area contributed by atoms with Gasteiger partial charge in [0.05, 0.1) is 12.5 Å². The monoisotopic (exact) mass is 449 g/mol. The molecule has 0 radical (unpaired) electrons. The molecule has 9 nitrogen and oxygen atoms in total. The summed E-state index contributed by atoms with van der Waals surface area (Å²) in [5, 5.41) is 17.8. The van der Waals surface area contributed by atoms with Crippen LogP contribution in [0.3, 0.4) is 0 Å². The number of carboxylic acids is 1. The van der Waals surface area contributed by atoms with Gasteiger partial charge in [-0.15, -0.1) is 0 Å². The van der Waals surface area contributed by atoms with Gasteiger partial charge in [0, 0.05) is 12.5 Å². The molecule has 170 valence electrons. The van der Waals surface area contributed by atoms with Crippen LogP contribution in [-0.2, 0) is 16.1 Å². The van der Waals surface area contributed by atoms with Crippen molar-refractivity contribution in [3.05, 3.63) is 77.2 Å². The van der Waals surface area contributed by atoms with Gasteiger partial charge >= 0.3 is 12.1 Å². The number of aliphatic carboxylic acids is 1. The second kappa shape index (κ2) is 9.56. The molecule has 0 saturated carbocycles. The van der Waals surface area contributed by atoms with Crippen molar-refractivity contribution in [3.8, 4) is 11.1 Å². The molecule has 3 aromatic rings. The Morgan fingerprint density at radius 3 is 2.33 bits per heavy atom. The van der Waals surface area contributed by atoms with Gasteiger partial charge in [0.25, 0.3) is 5.91 Å². The molecule has 9 heteroatoms. The highest BCUT2D eigenvalue weighted by atomic mass is 16.5. The molecule has 3 N–H and O–H groups in total. The van der Waals surface area contributed by atoms with E-state index in [2.05, 4.69) is 27.9 Å². The number of carbonyl (C=O) groups excluding carboxylic acids is 2. The van der Waals surface area contributed by atoms with Gasteiger partial charge in [-0.1, -0.05) is 60.6 Å². The minimum absolute atomic E-state index is 0.0431. The van der Waals surface area contributed by atoms with Crippen molar-refractivity contribution >= 4 is 18.0 Å². The molecule has 1 aliphatic rings. The number of nitrogens with zero attached hydrogens (tertiary/aromatic N) is 1. The second-order valence-corrected chi connectivity index (χ2v) is 7.80. The number of carboxylic acid groups (broad SMARTS) is 1. The van der Waals surface area contributed by atoms with E-state index in [0.717, 1.165) is 28.5 Å². The maximum Gasteiger partial charge on any atom is 0.407 e. The molecule has 1 atom stereocenters. The minimum atomic E-state index is -1.02. The molecule has 33 heavy (non-hydrogen) atoms. The lowest BCUT2D eigenvalue weighted by molar-refractivity contribution is -0.140. The van der Waals surface area contributed by atoms with Crippen LogP contribution in [0, 0.1) is 5.92 Å². The summed E-state index contributed by atoms with van der Waals surface area (Å²) in [7, 11) is 0. The van der Waals surface area contributed by atoms with E-state index < -0.39 is 23.9 Å². The van der Waals surface area contributed by atoms with Crippen LogP contribution in [-0.4, -0.2) is 41.4 Å². The van der Waals surface area contributed by atoms with Crippen molar-refractivity contribution in [1.82, 2.24) is 15.8 Å². The lowest BCUT2D eigenvalue weighted by Gasteiger charge is -2.14. The molecule has 0 bridgehead atoms. The zero-order chi connectivity index (χ0) is 23.4. The van der Waals surface area contributed by atoms with E-state index in [1.807, 2.05) is 36.4 Å². The van der Waals surface area contributed by atoms with E-state index in [0.29, 0.717) is 0 Å². The predicted molar refractivity (Wildman–Crippen MR) is 118 cm³/mol. The molecular weight excluding hydrogens is 426 g/mol. The Kier molecular flexibility index (Phi) is 6.39. The van der Waals surface area contributed by atoms with Gasteiger partial charge in [-0.05, 0) is 22.3 Å². The van der Waals surface area contributed by atoms with E-state index in [1.54, 1.807) is 0 Å². The van der Waals surface area contributed by atoms with Crippen LogP contribution >= 0.6 is 0 Å². The highest BCUT2D eigenvalue weighted by molar-refractivity contribution is 5.95. The third-order valence-corrected chi connectivity index (χ3v) is 5.62. The summed E-state index contributed by atoms with van der Waals surface area (Å²) < 4.78 is 10.3. The van der Waals surface area contributed by atoms with Gasteiger partial charge in [0.15, 0.2) is 0 Å². The number of rotatable bonds is 8. The quantitative estimate of drug-likeness (QED) is 0.481. The SMILES string of the molecule is CC(CNC(=O)c1conc1CNC(=O)OCC1c2ccccc2-c2ccccc21)C(=O)O. The standard InChI is InChI=1S/C24H23N3O6/c1-14(23(29)30)10-25-22(28)20-13-33-27-21(20)11-26-24(31)32-12-19-17-8-4-2-6-15(17)16-7-3-5-9-18(16)19/h2-9,13-14,19H,10-12H2,1H3,(H,25,28)(H,26,31)(H,29,30). The summed E-state index contributed by atoms with van der Waals surface area (Å²) in [6.07, 6.45) is 0.501. The van der Waals surface area contributed by atoms with Gasteiger partial charge in [-0.2, -0.15) is 0 Å². The molecule has 4 rings (SSSR count). The third-order valence-electron chi connectivity index (χ3n) is 5.62. The number of benzene rings is 2. The number of alkyl carbamates (subject to hydrolysis) is 1. The number of hydrogen-bond donors (Lipinski definition) is 3. The molecule has 0 fully saturated rings. The summed E-state index contributed by atoms with van der Waals surface area (Å²) in [5.74, 6) is -2.35. The van der Waals surface area contributed by atoms with E-state index in [-0.39, 0.29) is 36.9 Å². The first-order valence-electron chi connectivity index (χ1n) is 10.5. The fraction of sp³-hybridized carbons (Fsp3) is 0.250. The lowest BCUT2D eigenvalue weighted by Crippen LogP contribution is -2.32. The number of fused-ring (bicyclic) bond motifs is 3. The van der Waals surface area contributed by atoms with Gasteiger partial charge in [0.1, 0.15) is 24.1 Å². The zero-order valence-electron chi connectivity index (χ0n) is 17.9. The molecule has 2 aromatic carbocycles. The molecule has 1 heterocycles. The Hall–Kier alpha value is -4.14. The maximum atomic E-state index is 12.3. The Labute approximate surface area is 189 Å². The molecule has 0 saturated heterocycles. The Balaban J connectivity index is 1.33. The number of carbonyl (C=O) groups is 3. The van der Waals surface area contributed by atoms with Crippen molar-refractivity contribution in [2.45, 2.75) is 19.4 Å². The van der Waals surface area contributed by atoms with Crippen LogP contribution in [0.2, 0.25) is 0 Å². The van der Waals surface area contributed by atoms with E-state index in [4.69, 9.17) is 14.4 Å². The van der Waals surface area contributed by atoms with Crippen molar-refractivity contribution in [2.24, 2.45) is 5.92 Å². The van der Waals surface area contributed by atoms with Gasteiger partial charge in [-0.25, -0.2) is 4.79 Å². The first-order valence-corrected chi connectivity index (χ1v) is 10.5. The molecule has 1 aliphatic carbocycles. The molecule has 1 aromatic heterocycles. The van der Waals surface area contributed by atoms with Gasteiger partial charge < -0.3 is 25.0 Å². The first kappa shape index (κ1) is 22.1. The largest absolute Gasteiger partial charge is 0.481 e. The number of ether oxygens (including phenoxy) is 1. The highest BCUT2D eigenvalue weighted by Gasteiger charge is 2.29. The fourth-order valence-electron chi connectivity index (χ4n) is 3.81. The first-order chi connectivity index (χ1) is 16.0. The predicted octanol–water partition coefficient (Wildman–Crippen LogP) is 3.16. The van der Waals surface area contributed by atoms with Crippen molar-refractivity contribution in [1.29, 1.82) is 0 Å². The lowest BCUT2D eigenvalue weighted by atomic mass is 9.98. The number of nitrogens with one attached hydrogen (secondary N) is 2. The van der Waals surface area contributed by atoms with Crippen molar-refractivity contribution < 1.29 is 28.8 Å². The van der Waals surface area contributed by atoms with Gasteiger partial charge in [-0.3, -0.25) is 9.59 Å². The Morgan fingerprint density at radius 1 is 1.06 bits per heavy atom. The normalized spacial score (nSPS) is 13.0. The van der Waals surface area contributed by atoms with Crippen LogP contribution in [0.1, 0.15) is 40.0 Å². The summed E-state index contributed by atoms with van der Waals surface area (Å²) >= 11 is 0. The number of amides is 2. The zero-order valence-corrected chi connectivity index (χ0v) is 17.9. The number of hydrogen-bond acceptors (Lipinski definition) is 6. The van der Waals surface area contributed by atoms with Crippen LogP contribution in [0.25, 0.3) is 11.1 Å². The second-order valence-electron chi connectivity index (χ2n) is 7.80.